The molecule has 7 heteroatoms. The van der Waals surface area contributed by atoms with Crippen molar-refractivity contribution in [3.8, 4) is 0 Å². The monoisotopic (exact) mass is 358 g/mol. The van der Waals surface area contributed by atoms with E-state index in [4.69, 9.17) is 4.74 Å². The molecule has 0 radical (unpaired) electrons. The van der Waals surface area contributed by atoms with Gasteiger partial charge < -0.3 is 26.0 Å². The Labute approximate surface area is 153 Å². The molecule has 0 aromatic carbocycles. The van der Waals surface area contributed by atoms with E-state index >= 15 is 0 Å². The van der Waals surface area contributed by atoms with Gasteiger partial charge in [-0.2, -0.15) is 0 Å². The van der Waals surface area contributed by atoms with Gasteiger partial charge in [-0.1, -0.05) is 13.8 Å². The van der Waals surface area contributed by atoms with Gasteiger partial charge in [-0.05, 0) is 53.6 Å². The second-order valence-electron chi connectivity index (χ2n) is 7.45. The number of carbonyl (C=O) groups is 2. The van der Waals surface area contributed by atoms with Crippen molar-refractivity contribution in [2.45, 2.75) is 65.5 Å². The molecular weight excluding hydrogens is 320 g/mol. The highest BCUT2D eigenvalue weighted by Gasteiger charge is 2.26. The molecular formula is C18H38N4O3. The van der Waals surface area contributed by atoms with Gasteiger partial charge in [-0.3, -0.25) is 9.59 Å². The lowest BCUT2D eigenvalue weighted by Crippen LogP contribution is -2.48. The van der Waals surface area contributed by atoms with Gasteiger partial charge in [0.1, 0.15) is 0 Å². The zero-order chi connectivity index (χ0) is 19.3. The Morgan fingerprint density at radius 3 is 2.00 bits per heavy atom. The quantitative estimate of drug-likeness (QED) is 0.345. The molecule has 0 fully saturated rings. The molecule has 0 bridgehead atoms. The maximum Gasteiger partial charge on any atom is 0.234 e. The van der Waals surface area contributed by atoms with Crippen LogP contribution in [0.5, 0.6) is 0 Å². The van der Waals surface area contributed by atoms with Crippen LogP contribution in [0, 0.1) is 0 Å². The zero-order valence-electron chi connectivity index (χ0n) is 16.9. The Balaban J connectivity index is 4.04. The smallest absolute Gasteiger partial charge is 0.234 e. The molecule has 2 amide bonds. The van der Waals surface area contributed by atoms with Crippen LogP contribution in [0.1, 0.15) is 54.4 Å². The molecule has 0 saturated carbocycles. The van der Waals surface area contributed by atoms with Crippen LogP contribution >= 0.6 is 0 Å². The number of hydrogen-bond acceptors (Lipinski definition) is 5. The fourth-order valence-corrected chi connectivity index (χ4v) is 2.23. The lowest BCUT2D eigenvalue weighted by molar-refractivity contribution is -0.122. The minimum absolute atomic E-state index is 0.00831. The van der Waals surface area contributed by atoms with E-state index in [2.05, 4.69) is 21.3 Å². The maximum atomic E-state index is 11.8. The molecule has 0 rings (SSSR count). The number of hydrogen-bond donors (Lipinski definition) is 4. The molecule has 0 heterocycles. The molecule has 0 aliphatic rings. The Hall–Kier alpha value is -1.18. The third-order valence-corrected chi connectivity index (χ3v) is 3.82. The molecule has 0 spiro atoms. The number of amides is 2. The van der Waals surface area contributed by atoms with E-state index in [9.17, 15) is 9.59 Å². The standard InChI is InChI=1S/C18H38N4O3/c1-7-19-13-15(23)21-11-12-25-18(5,6)10-9-17(3,4)22-16(24)14-20-8-2/h19-20H,7-14H2,1-6H3,(H,21,23)(H,22,24). The van der Waals surface area contributed by atoms with Crippen LogP contribution in [-0.4, -0.2) is 62.3 Å². The lowest BCUT2D eigenvalue weighted by atomic mass is 9.91. The van der Waals surface area contributed by atoms with Gasteiger partial charge in [0.15, 0.2) is 0 Å². The van der Waals surface area contributed by atoms with E-state index in [-0.39, 0.29) is 23.0 Å². The van der Waals surface area contributed by atoms with E-state index in [0.29, 0.717) is 26.2 Å². The second kappa shape index (κ2) is 12.2. The molecule has 0 aliphatic carbocycles. The van der Waals surface area contributed by atoms with Crippen molar-refractivity contribution in [1.82, 2.24) is 21.3 Å². The summed E-state index contributed by atoms with van der Waals surface area (Å²) in [4.78, 5) is 23.3. The first-order valence-electron chi connectivity index (χ1n) is 9.25. The summed E-state index contributed by atoms with van der Waals surface area (Å²) in [5.41, 5.74) is -0.594. The minimum atomic E-state index is -0.309. The van der Waals surface area contributed by atoms with Gasteiger partial charge in [-0.25, -0.2) is 0 Å². The Kier molecular flexibility index (Phi) is 11.6. The molecule has 0 aromatic heterocycles. The second-order valence-corrected chi connectivity index (χ2v) is 7.45. The van der Waals surface area contributed by atoms with E-state index in [0.717, 1.165) is 25.9 Å². The van der Waals surface area contributed by atoms with Crippen molar-refractivity contribution in [2.75, 3.05) is 39.3 Å². The summed E-state index contributed by atoms with van der Waals surface area (Å²) >= 11 is 0. The fraction of sp³-hybridized carbons (Fsp3) is 0.889. The van der Waals surface area contributed by atoms with Gasteiger partial charge >= 0.3 is 0 Å². The highest BCUT2D eigenvalue weighted by atomic mass is 16.5. The molecule has 4 N–H and O–H groups in total. The molecule has 25 heavy (non-hydrogen) atoms. The average Bonchev–Trinajstić information content (AvgIpc) is 2.53. The van der Waals surface area contributed by atoms with Crippen molar-refractivity contribution in [2.24, 2.45) is 0 Å². The molecule has 7 nitrogen and oxygen atoms in total. The topological polar surface area (TPSA) is 91.5 Å². The van der Waals surface area contributed by atoms with Crippen molar-refractivity contribution in [3.05, 3.63) is 0 Å². The first-order valence-corrected chi connectivity index (χ1v) is 9.25. The highest BCUT2D eigenvalue weighted by Crippen LogP contribution is 2.22. The van der Waals surface area contributed by atoms with Crippen LogP contribution in [0.25, 0.3) is 0 Å². The first-order chi connectivity index (χ1) is 11.6. The number of carbonyl (C=O) groups excluding carboxylic acids is 2. The molecule has 148 valence electrons. The summed E-state index contributed by atoms with van der Waals surface area (Å²) in [5, 5.41) is 11.9. The summed E-state index contributed by atoms with van der Waals surface area (Å²) in [6, 6.07) is 0. The number of nitrogens with one attached hydrogen (secondary N) is 4. The number of rotatable bonds is 14. The predicted molar refractivity (Wildman–Crippen MR) is 102 cm³/mol. The summed E-state index contributed by atoms with van der Waals surface area (Å²) in [6.07, 6.45) is 1.62. The number of likely N-dealkylation sites (N-methyl/N-ethyl adjacent to an activating group) is 2. The fourth-order valence-electron chi connectivity index (χ4n) is 2.23. The summed E-state index contributed by atoms with van der Waals surface area (Å²) < 4.78 is 5.89. The maximum absolute atomic E-state index is 11.8. The van der Waals surface area contributed by atoms with E-state index in [1.165, 1.54) is 0 Å². The van der Waals surface area contributed by atoms with Crippen molar-refractivity contribution in [3.63, 3.8) is 0 Å². The third-order valence-electron chi connectivity index (χ3n) is 3.82. The van der Waals surface area contributed by atoms with E-state index in [1.807, 2.05) is 41.5 Å². The van der Waals surface area contributed by atoms with Crippen LogP contribution in [-0.2, 0) is 14.3 Å². The van der Waals surface area contributed by atoms with Crippen molar-refractivity contribution < 1.29 is 14.3 Å². The Morgan fingerprint density at radius 1 is 0.880 bits per heavy atom. The molecule has 0 saturated heterocycles. The Morgan fingerprint density at radius 2 is 1.44 bits per heavy atom. The summed E-state index contributed by atoms with van der Waals surface area (Å²) in [5.74, 6) is -0.0123. The van der Waals surface area contributed by atoms with E-state index in [1.54, 1.807) is 0 Å². The first kappa shape index (κ1) is 23.8. The molecule has 0 unspecified atom stereocenters. The Bertz CT molecular complexity index is 398. The molecule has 0 atom stereocenters. The largest absolute Gasteiger partial charge is 0.374 e. The van der Waals surface area contributed by atoms with Crippen molar-refractivity contribution >= 4 is 11.8 Å². The number of ether oxygens (including phenoxy) is 1. The van der Waals surface area contributed by atoms with Crippen LogP contribution < -0.4 is 21.3 Å². The van der Waals surface area contributed by atoms with E-state index < -0.39 is 0 Å². The van der Waals surface area contributed by atoms with Crippen LogP contribution in [0.15, 0.2) is 0 Å². The average molecular weight is 359 g/mol. The van der Waals surface area contributed by atoms with Gasteiger partial charge in [0.25, 0.3) is 0 Å². The van der Waals surface area contributed by atoms with Gasteiger partial charge in [-0.15, -0.1) is 0 Å². The van der Waals surface area contributed by atoms with Crippen molar-refractivity contribution in [1.29, 1.82) is 0 Å². The van der Waals surface area contributed by atoms with Gasteiger partial charge in [0, 0.05) is 12.1 Å². The van der Waals surface area contributed by atoms with Crippen LogP contribution in [0.3, 0.4) is 0 Å². The predicted octanol–water partition coefficient (Wildman–Crippen LogP) is 0.792. The summed E-state index contributed by atoms with van der Waals surface area (Å²) in [7, 11) is 0. The third kappa shape index (κ3) is 13.8. The zero-order valence-corrected chi connectivity index (χ0v) is 16.9. The van der Waals surface area contributed by atoms with Gasteiger partial charge in [0.05, 0.1) is 25.3 Å². The van der Waals surface area contributed by atoms with Crippen LogP contribution in [0.4, 0.5) is 0 Å². The van der Waals surface area contributed by atoms with Gasteiger partial charge in [0.2, 0.25) is 11.8 Å². The highest BCUT2D eigenvalue weighted by molar-refractivity contribution is 5.78. The summed E-state index contributed by atoms with van der Waals surface area (Å²) in [6.45, 7) is 15.2. The normalized spacial score (nSPS) is 12.1. The molecule has 0 aromatic rings. The van der Waals surface area contributed by atoms with Crippen LogP contribution in [0.2, 0.25) is 0 Å². The lowest BCUT2D eigenvalue weighted by Gasteiger charge is -2.32. The minimum Gasteiger partial charge on any atom is -0.374 e. The molecule has 0 aliphatic heterocycles. The SMILES string of the molecule is CCNCC(=O)NCCOC(C)(C)CCC(C)(C)NC(=O)CNCC.